The van der Waals surface area contributed by atoms with Crippen LogP contribution < -0.4 is 10.6 Å². The summed E-state index contributed by atoms with van der Waals surface area (Å²) in [7, 11) is 0. The number of aliphatic hydroxyl groups is 1. The van der Waals surface area contributed by atoms with Gasteiger partial charge in [0, 0.05) is 36.5 Å². The molecular formula is C28H42N8O3. The summed E-state index contributed by atoms with van der Waals surface area (Å²) in [5.41, 5.74) is 2.47. The quantitative estimate of drug-likeness (QED) is 0.394. The number of aromatic nitrogens is 4. The van der Waals surface area contributed by atoms with Crippen LogP contribution >= 0.6 is 0 Å². The highest BCUT2D eigenvalue weighted by atomic mass is 16.5. The molecule has 11 nitrogen and oxygen atoms in total. The average molecular weight is 539 g/mol. The Hall–Kier alpha value is -2.89. The van der Waals surface area contributed by atoms with Crippen molar-refractivity contribution in [3.63, 3.8) is 0 Å². The Kier molecular flexibility index (Phi) is 9.21. The maximum atomic E-state index is 12.6. The van der Waals surface area contributed by atoms with E-state index in [9.17, 15) is 9.90 Å². The van der Waals surface area contributed by atoms with E-state index in [-0.39, 0.29) is 30.1 Å². The highest BCUT2D eigenvalue weighted by Gasteiger charge is 2.33. The van der Waals surface area contributed by atoms with Crippen molar-refractivity contribution in [3.05, 3.63) is 35.4 Å². The zero-order chi connectivity index (χ0) is 27.2. The average Bonchev–Trinajstić information content (AvgIpc) is 3.30. The van der Waals surface area contributed by atoms with E-state index in [1.54, 1.807) is 18.5 Å². The van der Waals surface area contributed by atoms with Crippen LogP contribution in [0.15, 0.2) is 23.5 Å². The highest BCUT2D eigenvalue weighted by Crippen LogP contribution is 2.37. The standard InChI is InChI=1S/C28H42N8O3/c1-19(2)32-26(37)20-6-8-22(9-7-20)36-24-16-25(39-15-14-35-12-4-3-5-13-35)29-18-23(24)33-28(36)34-27(38)21-10-11-30-31-17-21/h10-11,17-20,22,25,27,38H,3-9,12-16H2,1-2H3,(H,32,37)(H,33,34). The third-order valence-corrected chi connectivity index (χ3v) is 7.99. The number of anilines is 1. The zero-order valence-corrected chi connectivity index (χ0v) is 23.1. The van der Waals surface area contributed by atoms with Crippen molar-refractivity contribution in [1.29, 1.82) is 0 Å². The van der Waals surface area contributed by atoms with E-state index >= 15 is 0 Å². The second kappa shape index (κ2) is 13.0. The van der Waals surface area contributed by atoms with Gasteiger partial charge in [-0.25, -0.2) is 4.98 Å². The first-order valence-corrected chi connectivity index (χ1v) is 14.5. The van der Waals surface area contributed by atoms with Gasteiger partial charge in [-0.15, -0.1) is 0 Å². The molecule has 1 amide bonds. The number of ether oxygens (including phenoxy) is 1. The summed E-state index contributed by atoms with van der Waals surface area (Å²) in [5.74, 6) is 0.768. The number of aliphatic hydroxyl groups excluding tert-OH is 1. The van der Waals surface area contributed by atoms with E-state index < -0.39 is 6.23 Å². The van der Waals surface area contributed by atoms with Gasteiger partial charge in [0.05, 0.1) is 30.9 Å². The maximum absolute atomic E-state index is 12.6. The minimum atomic E-state index is -0.982. The van der Waals surface area contributed by atoms with Gasteiger partial charge in [-0.1, -0.05) is 6.42 Å². The fraction of sp³-hybridized carbons (Fsp3) is 0.679. The number of carbonyl (C=O) groups is 1. The summed E-state index contributed by atoms with van der Waals surface area (Å²) in [4.78, 5) is 24.6. The summed E-state index contributed by atoms with van der Waals surface area (Å²) >= 11 is 0. The Morgan fingerprint density at radius 1 is 1.15 bits per heavy atom. The molecule has 0 aromatic carbocycles. The summed E-state index contributed by atoms with van der Waals surface area (Å²) in [6.45, 7) is 7.87. The molecule has 5 rings (SSSR count). The van der Waals surface area contributed by atoms with Crippen LogP contribution in [0.2, 0.25) is 0 Å². The number of fused-ring (bicyclic) bond motifs is 1. The van der Waals surface area contributed by atoms with Gasteiger partial charge in [0.1, 0.15) is 5.69 Å². The second-order valence-electron chi connectivity index (χ2n) is 11.2. The van der Waals surface area contributed by atoms with E-state index in [1.165, 1.54) is 25.5 Å². The summed E-state index contributed by atoms with van der Waals surface area (Å²) in [5, 5.41) is 24.8. The van der Waals surface area contributed by atoms with Crippen molar-refractivity contribution in [2.45, 2.75) is 89.8 Å². The molecule has 2 aromatic heterocycles. The minimum absolute atomic E-state index is 0.0281. The van der Waals surface area contributed by atoms with Crippen LogP contribution in [0.1, 0.15) is 88.0 Å². The van der Waals surface area contributed by atoms with Crippen LogP contribution in [0, 0.1) is 5.92 Å². The number of rotatable bonds is 10. The second-order valence-corrected chi connectivity index (χ2v) is 11.2. The molecule has 0 bridgehead atoms. The third kappa shape index (κ3) is 7.01. The van der Waals surface area contributed by atoms with Crippen molar-refractivity contribution in [2.75, 3.05) is 31.6 Å². The number of hydrogen-bond acceptors (Lipinski definition) is 9. The molecule has 1 aliphatic carbocycles. The van der Waals surface area contributed by atoms with E-state index in [2.05, 4.69) is 35.3 Å². The van der Waals surface area contributed by atoms with Gasteiger partial charge < -0.3 is 29.9 Å². The van der Waals surface area contributed by atoms with Crippen LogP contribution in [-0.2, 0) is 16.0 Å². The molecule has 3 N–H and O–H groups in total. The van der Waals surface area contributed by atoms with Gasteiger partial charge >= 0.3 is 0 Å². The molecule has 2 aliphatic heterocycles. The summed E-state index contributed by atoms with van der Waals surface area (Å²) < 4.78 is 8.43. The van der Waals surface area contributed by atoms with Crippen LogP contribution in [0.3, 0.4) is 0 Å². The molecule has 39 heavy (non-hydrogen) atoms. The number of aliphatic imine (C=N–C) groups is 1. The lowest BCUT2D eigenvalue weighted by molar-refractivity contribution is -0.126. The van der Waals surface area contributed by atoms with Crippen molar-refractivity contribution in [2.24, 2.45) is 10.9 Å². The van der Waals surface area contributed by atoms with E-state index in [1.807, 2.05) is 13.8 Å². The number of likely N-dealkylation sites (tertiary alicyclic amines) is 1. The maximum Gasteiger partial charge on any atom is 0.223 e. The molecule has 2 fully saturated rings. The molecule has 0 spiro atoms. The fourth-order valence-electron chi connectivity index (χ4n) is 5.93. The molecule has 0 radical (unpaired) electrons. The Labute approximate surface area is 230 Å². The van der Waals surface area contributed by atoms with Crippen molar-refractivity contribution >= 4 is 18.1 Å². The molecule has 4 heterocycles. The lowest BCUT2D eigenvalue weighted by Crippen LogP contribution is -2.37. The lowest BCUT2D eigenvalue weighted by atomic mass is 9.85. The van der Waals surface area contributed by atoms with E-state index in [0.29, 0.717) is 24.5 Å². The molecule has 2 atom stereocenters. The van der Waals surface area contributed by atoms with Gasteiger partial charge in [-0.3, -0.25) is 9.79 Å². The molecule has 2 aromatic rings. The summed E-state index contributed by atoms with van der Waals surface area (Å²) in [6, 6.07) is 2.03. The number of imidazole rings is 1. The number of piperidine rings is 1. The Morgan fingerprint density at radius 3 is 2.67 bits per heavy atom. The Morgan fingerprint density at radius 2 is 1.95 bits per heavy atom. The number of amides is 1. The van der Waals surface area contributed by atoms with Crippen molar-refractivity contribution < 1.29 is 14.6 Å². The predicted molar refractivity (Wildman–Crippen MR) is 148 cm³/mol. The molecule has 2 unspecified atom stereocenters. The van der Waals surface area contributed by atoms with Crippen molar-refractivity contribution in [1.82, 2.24) is 30.0 Å². The number of nitrogens with one attached hydrogen (secondary N) is 2. The normalized spacial score (nSPS) is 24.4. The first kappa shape index (κ1) is 27.7. The largest absolute Gasteiger partial charge is 0.369 e. The smallest absolute Gasteiger partial charge is 0.223 e. The molecular weight excluding hydrogens is 496 g/mol. The molecule has 1 saturated carbocycles. The van der Waals surface area contributed by atoms with Crippen LogP contribution in [-0.4, -0.2) is 80.4 Å². The predicted octanol–water partition coefficient (Wildman–Crippen LogP) is 2.84. The molecule has 212 valence electrons. The van der Waals surface area contributed by atoms with Gasteiger partial charge in [-0.05, 0) is 71.5 Å². The van der Waals surface area contributed by atoms with Gasteiger partial charge in [0.15, 0.2) is 12.5 Å². The van der Waals surface area contributed by atoms with Crippen molar-refractivity contribution in [3.8, 4) is 0 Å². The monoisotopic (exact) mass is 538 g/mol. The summed E-state index contributed by atoms with van der Waals surface area (Å²) in [6.07, 6.45) is 11.5. The Balaban J connectivity index is 1.30. The molecule has 11 heteroatoms. The zero-order valence-electron chi connectivity index (χ0n) is 23.1. The highest BCUT2D eigenvalue weighted by molar-refractivity contribution is 5.81. The molecule has 1 saturated heterocycles. The first-order valence-electron chi connectivity index (χ1n) is 14.5. The van der Waals surface area contributed by atoms with Crippen LogP contribution in [0.25, 0.3) is 0 Å². The third-order valence-electron chi connectivity index (χ3n) is 7.99. The van der Waals surface area contributed by atoms with Gasteiger partial charge in [0.25, 0.3) is 0 Å². The topological polar surface area (TPSA) is 130 Å². The van der Waals surface area contributed by atoms with Gasteiger partial charge in [0.2, 0.25) is 11.9 Å². The van der Waals surface area contributed by atoms with Gasteiger partial charge in [-0.2, -0.15) is 10.2 Å². The number of nitrogens with zero attached hydrogens (tertiary/aromatic N) is 6. The van der Waals surface area contributed by atoms with Crippen LogP contribution in [0.5, 0.6) is 0 Å². The van der Waals surface area contributed by atoms with E-state index in [4.69, 9.17) is 9.72 Å². The minimum Gasteiger partial charge on any atom is -0.369 e. The Bertz CT molecular complexity index is 1110. The molecule has 3 aliphatic rings. The first-order chi connectivity index (χ1) is 19.0. The van der Waals surface area contributed by atoms with E-state index in [0.717, 1.165) is 56.7 Å². The number of hydrogen-bond donors (Lipinski definition) is 3. The van der Waals surface area contributed by atoms with Crippen LogP contribution in [0.4, 0.5) is 5.95 Å². The number of carbonyl (C=O) groups excluding carboxylic acids is 1. The fourth-order valence-corrected chi connectivity index (χ4v) is 5.93. The lowest BCUT2D eigenvalue weighted by Gasteiger charge is -2.32. The SMILES string of the molecule is CC(C)NC(=O)C1CCC(n2c(NC(O)c3ccnnc3)nc3c2CC(OCCN2CCCCC2)N=C3)CC1.